The molecule has 2 nitrogen and oxygen atoms in total. The van der Waals surface area contributed by atoms with Gasteiger partial charge in [0, 0.05) is 12.0 Å². The summed E-state index contributed by atoms with van der Waals surface area (Å²) in [6, 6.07) is 0. The first kappa shape index (κ1) is 6.35. The van der Waals surface area contributed by atoms with E-state index in [1.807, 2.05) is 0 Å². The molecule has 1 aliphatic carbocycles. The second-order valence-corrected chi connectivity index (χ2v) is 3.72. The molecule has 0 aromatic heterocycles. The standard InChI is InChI=1S/C8H13NO/c10-6-8-2-1-7(3-8)4-9-5-8/h6-7,9H,1-5H2. The van der Waals surface area contributed by atoms with Crippen molar-refractivity contribution in [1.29, 1.82) is 0 Å². The quantitative estimate of drug-likeness (QED) is 0.538. The van der Waals surface area contributed by atoms with Crippen LogP contribution in [0.25, 0.3) is 0 Å². The van der Waals surface area contributed by atoms with Gasteiger partial charge in [-0.25, -0.2) is 0 Å². The van der Waals surface area contributed by atoms with Gasteiger partial charge in [0.2, 0.25) is 0 Å². The van der Waals surface area contributed by atoms with Crippen LogP contribution in [0.3, 0.4) is 0 Å². The lowest BCUT2D eigenvalue weighted by atomic mass is 9.85. The van der Waals surface area contributed by atoms with E-state index in [0.717, 1.165) is 31.8 Å². The Morgan fingerprint density at radius 1 is 1.60 bits per heavy atom. The van der Waals surface area contributed by atoms with Crippen molar-refractivity contribution in [2.24, 2.45) is 11.3 Å². The maximum atomic E-state index is 10.7. The Balaban J connectivity index is 2.16. The Morgan fingerprint density at radius 3 is 3.20 bits per heavy atom. The van der Waals surface area contributed by atoms with Crippen LogP contribution >= 0.6 is 0 Å². The zero-order valence-corrected chi connectivity index (χ0v) is 6.10. The number of carbonyl (C=O) groups is 1. The summed E-state index contributed by atoms with van der Waals surface area (Å²) in [4.78, 5) is 10.7. The van der Waals surface area contributed by atoms with E-state index >= 15 is 0 Å². The predicted molar refractivity (Wildman–Crippen MR) is 38.7 cm³/mol. The molecule has 2 aliphatic rings. The summed E-state index contributed by atoms with van der Waals surface area (Å²) >= 11 is 0. The van der Waals surface area contributed by atoms with Gasteiger partial charge in [-0.1, -0.05) is 0 Å². The van der Waals surface area contributed by atoms with Crippen LogP contribution in [-0.4, -0.2) is 19.4 Å². The van der Waals surface area contributed by atoms with Gasteiger partial charge in [0.15, 0.2) is 0 Å². The second kappa shape index (κ2) is 2.06. The maximum Gasteiger partial charge on any atom is 0.127 e. The first-order valence-electron chi connectivity index (χ1n) is 4.02. The zero-order valence-electron chi connectivity index (χ0n) is 6.10. The van der Waals surface area contributed by atoms with Crippen molar-refractivity contribution in [2.75, 3.05) is 13.1 Å². The molecular weight excluding hydrogens is 126 g/mol. The van der Waals surface area contributed by atoms with Crippen molar-refractivity contribution in [2.45, 2.75) is 19.3 Å². The number of rotatable bonds is 1. The van der Waals surface area contributed by atoms with Crippen LogP contribution < -0.4 is 5.32 Å². The van der Waals surface area contributed by atoms with Gasteiger partial charge in [0.25, 0.3) is 0 Å². The molecule has 0 radical (unpaired) electrons. The molecule has 1 saturated carbocycles. The molecule has 1 heterocycles. The van der Waals surface area contributed by atoms with E-state index in [4.69, 9.17) is 0 Å². The molecule has 0 amide bonds. The van der Waals surface area contributed by atoms with E-state index in [1.165, 1.54) is 12.7 Å². The van der Waals surface area contributed by atoms with Gasteiger partial charge >= 0.3 is 0 Å². The fourth-order valence-corrected chi connectivity index (χ4v) is 2.28. The van der Waals surface area contributed by atoms with Gasteiger partial charge in [-0.3, -0.25) is 0 Å². The predicted octanol–water partition coefficient (Wildman–Crippen LogP) is 0.575. The Morgan fingerprint density at radius 2 is 2.50 bits per heavy atom. The van der Waals surface area contributed by atoms with E-state index in [0.29, 0.717) is 0 Å². The number of aldehydes is 1. The van der Waals surface area contributed by atoms with Crippen molar-refractivity contribution in [3.05, 3.63) is 0 Å². The summed E-state index contributed by atoms with van der Waals surface area (Å²) in [6.45, 7) is 2.06. The molecule has 1 aliphatic heterocycles. The number of hydrogen-bond donors (Lipinski definition) is 1. The average molecular weight is 139 g/mol. The lowest BCUT2D eigenvalue weighted by Crippen LogP contribution is -2.39. The Kier molecular flexibility index (Phi) is 1.31. The van der Waals surface area contributed by atoms with Gasteiger partial charge in [-0.05, 0) is 31.7 Å². The fraction of sp³-hybridized carbons (Fsp3) is 0.875. The largest absolute Gasteiger partial charge is 0.315 e. The summed E-state index contributed by atoms with van der Waals surface area (Å²) in [6.07, 6.45) is 4.68. The molecule has 1 N–H and O–H groups in total. The summed E-state index contributed by atoms with van der Waals surface area (Å²) in [7, 11) is 0. The van der Waals surface area contributed by atoms with Crippen molar-refractivity contribution in [1.82, 2.24) is 5.32 Å². The topological polar surface area (TPSA) is 29.1 Å². The van der Waals surface area contributed by atoms with E-state index in [-0.39, 0.29) is 5.41 Å². The van der Waals surface area contributed by atoms with Gasteiger partial charge in [0.1, 0.15) is 6.29 Å². The molecule has 2 atom stereocenters. The van der Waals surface area contributed by atoms with Crippen LogP contribution in [0.1, 0.15) is 19.3 Å². The van der Waals surface area contributed by atoms with Crippen LogP contribution in [0.4, 0.5) is 0 Å². The first-order valence-corrected chi connectivity index (χ1v) is 4.02. The van der Waals surface area contributed by atoms with E-state index in [9.17, 15) is 4.79 Å². The van der Waals surface area contributed by atoms with Gasteiger partial charge in [-0.2, -0.15) is 0 Å². The van der Waals surface area contributed by atoms with Crippen molar-refractivity contribution < 1.29 is 4.79 Å². The average Bonchev–Trinajstić information content (AvgIpc) is 2.29. The minimum Gasteiger partial charge on any atom is -0.315 e. The third kappa shape index (κ3) is 0.788. The molecular formula is C8H13NO. The third-order valence-electron chi connectivity index (χ3n) is 2.91. The molecule has 0 aromatic carbocycles. The number of hydrogen-bond acceptors (Lipinski definition) is 2. The highest BCUT2D eigenvalue weighted by molar-refractivity contribution is 5.60. The van der Waals surface area contributed by atoms with Gasteiger partial charge in [-0.15, -0.1) is 0 Å². The number of fused-ring (bicyclic) bond motifs is 2. The summed E-state index contributed by atoms with van der Waals surface area (Å²) in [5, 5.41) is 3.31. The highest BCUT2D eigenvalue weighted by Gasteiger charge is 2.41. The molecule has 10 heavy (non-hydrogen) atoms. The Bertz CT molecular complexity index is 153. The van der Waals surface area contributed by atoms with Crippen LogP contribution in [0.2, 0.25) is 0 Å². The first-order chi connectivity index (χ1) is 4.85. The molecule has 1 saturated heterocycles. The maximum absolute atomic E-state index is 10.7. The van der Waals surface area contributed by atoms with E-state index in [1.54, 1.807) is 0 Å². The van der Waals surface area contributed by atoms with Gasteiger partial charge < -0.3 is 10.1 Å². The number of piperidine rings is 1. The zero-order chi connectivity index (χ0) is 7.03. The minimum absolute atomic E-state index is 0.0446. The Labute approximate surface area is 61.0 Å². The number of carbonyl (C=O) groups excluding carboxylic acids is 1. The molecule has 2 heteroatoms. The summed E-state index contributed by atoms with van der Waals surface area (Å²) < 4.78 is 0. The fourth-order valence-electron chi connectivity index (χ4n) is 2.28. The second-order valence-electron chi connectivity index (χ2n) is 3.72. The van der Waals surface area contributed by atoms with E-state index in [2.05, 4.69) is 5.32 Å². The van der Waals surface area contributed by atoms with Crippen LogP contribution in [0.15, 0.2) is 0 Å². The van der Waals surface area contributed by atoms with Crippen LogP contribution in [-0.2, 0) is 4.79 Å². The molecule has 2 fully saturated rings. The van der Waals surface area contributed by atoms with E-state index < -0.39 is 0 Å². The molecule has 2 bridgehead atoms. The van der Waals surface area contributed by atoms with Crippen LogP contribution in [0.5, 0.6) is 0 Å². The Hall–Kier alpha value is -0.370. The monoisotopic (exact) mass is 139 g/mol. The molecule has 0 aromatic rings. The summed E-state index contributed by atoms with van der Waals surface area (Å²) in [5.74, 6) is 0.791. The molecule has 2 rings (SSSR count). The van der Waals surface area contributed by atoms with Gasteiger partial charge in [0.05, 0.1) is 0 Å². The molecule has 56 valence electrons. The molecule has 2 unspecified atom stereocenters. The van der Waals surface area contributed by atoms with Crippen molar-refractivity contribution in [3.8, 4) is 0 Å². The highest BCUT2D eigenvalue weighted by atomic mass is 16.1. The minimum atomic E-state index is 0.0446. The van der Waals surface area contributed by atoms with Crippen molar-refractivity contribution >= 4 is 6.29 Å². The highest BCUT2D eigenvalue weighted by Crippen LogP contribution is 2.41. The molecule has 0 spiro atoms. The number of nitrogens with one attached hydrogen (secondary N) is 1. The van der Waals surface area contributed by atoms with Crippen molar-refractivity contribution in [3.63, 3.8) is 0 Å². The van der Waals surface area contributed by atoms with Crippen LogP contribution in [0, 0.1) is 11.3 Å². The summed E-state index contributed by atoms with van der Waals surface area (Å²) in [5.41, 5.74) is 0.0446. The normalized spacial score (nSPS) is 45.4. The SMILES string of the molecule is O=CC12CCC(CNC1)C2. The smallest absolute Gasteiger partial charge is 0.127 e. The third-order valence-corrected chi connectivity index (χ3v) is 2.91. The lowest BCUT2D eigenvalue weighted by Gasteiger charge is -2.27. The lowest BCUT2D eigenvalue weighted by molar-refractivity contribution is -0.116.